The number of rotatable bonds is 4. The minimum atomic E-state index is -5.03. The Morgan fingerprint density at radius 2 is 1.52 bits per heavy atom. The Labute approximate surface area is 163 Å². The van der Waals surface area contributed by atoms with Crippen LogP contribution in [0.5, 0.6) is 5.75 Å². The molecule has 0 fully saturated rings. The minimum absolute atomic E-state index is 0. The van der Waals surface area contributed by atoms with Gasteiger partial charge in [-0.05, 0) is 41.0 Å². The second-order valence-corrected chi connectivity index (χ2v) is 4.17. The first kappa shape index (κ1) is 18.5. The molecule has 0 bridgehead atoms. The minimum Gasteiger partial charge on any atom is -0.497 e. The van der Waals surface area contributed by atoms with Gasteiger partial charge in [-0.25, -0.2) is 0 Å². The van der Waals surface area contributed by atoms with Crippen LogP contribution in [-0.2, 0) is 0 Å². The normalized spacial score (nSPS) is 11.7. The van der Waals surface area contributed by atoms with Crippen LogP contribution in [0.25, 0.3) is 5.57 Å². The van der Waals surface area contributed by atoms with Gasteiger partial charge >= 0.3 is 58.4 Å². The fourth-order valence-corrected chi connectivity index (χ4v) is 1.85. The molecule has 0 aliphatic heterocycles. The van der Waals surface area contributed by atoms with Crippen molar-refractivity contribution in [2.75, 3.05) is 7.11 Å². The molecule has 0 spiro atoms. The maximum Gasteiger partial charge on any atom is 1.00 e. The van der Waals surface area contributed by atoms with Crippen LogP contribution in [0.4, 0.5) is 12.9 Å². The van der Waals surface area contributed by atoms with Crippen LogP contribution in [0, 0.1) is 0 Å². The van der Waals surface area contributed by atoms with E-state index in [1.807, 2.05) is 0 Å². The number of halogens is 3. The van der Waals surface area contributed by atoms with Crippen LogP contribution in [0.15, 0.2) is 54.8 Å². The molecule has 0 aliphatic carbocycles. The van der Waals surface area contributed by atoms with Crippen molar-refractivity contribution in [3.63, 3.8) is 0 Å². The summed E-state index contributed by atoms with van der Waals surface area (Å²) in [6, 6.07) is 9.58. The zero-order valence-electron chi connectivity index (χ0n) is 11.8. The molecule has 1 aromatic heterocycles. The molecule has 0 radical (unpaired) electrons. The number of benzene rings is 1. The van der Waals surface area contributed by atoms with E-state index in [4.69, 9.17) is 4.74 Å². The van der Waals surface area contributed by atoms with Crippen molar-refractivity contribution in [2.45, 2.75) is 0 Å². The van der Waals surface area contributed by atoms with E-state index in [9.17, 15) is 12.9 Å². The van der Waals surface area contributed by atoms with Crippen LogP contribution in [0.3, 0.4) is 0 Å². The number of ether oxygens (including phenoxy) is 1. The van der Waals surface area contributed by atoms with Gasteiger partial charge in [0.2, 0.25) is 0 Å². The van der Waals surface area contributed by atoms with Gasteiger partial charge in [0.25, 0.3) is 0 Å². The molecule has 0 N–H and O–H groups in total. The third kappa shape index (κ3) is 5.60. The Morgan fingerprint density at radius 3 is 2.00 bits per heavy atom. The molecule has 104 valence electrons. The Hall–Kier alpha value is -0.599. The van der Waals surface area contributed by atoms with E-state index in [-0.39, 0.29) is 57.0 Å². The summed E-state index contributed by atoms with van der Waals surface area (Å²) in [6.07, 6.45) is 2.94. The van der Waals surface area contributed by atoms with Crippen LogP contribution in [0.2, 0.25) is 0 Å². The van der Waals surface area contributed by atoms with Gasteiger partial charge in [-0.2, -0.15) is 0 Å². The van der Waals surface area contributed by atoms with E-state index < -0.39 is 6.98 Å². The molecule has 0 amide bonds. The fraction of sp³-hybridized carbons (Fsp3) is 0.0714. The summed E-state index contributed by atoms with van der Waals surface area (Å²) in [5, 5.41) is 0. The average molecular weight is 317 g/mol. The van der Waals surface area contributed by atoms with Gasteiger partial charge in [-0.1, -0.05) is 12.1 Å². The van der Waals surface area contributed by atoms with Crippen LogP contribution < -0.4 is 56.1 Å². The van der Waals surface area contributed by atoms with Crippen molar-refractivity contribution in [1.29, 1.82) is 0 Å². The average Bonchev–Trinajstić information content (AvgIpc) is 2.45. The quantitative estimate of drug-likeness (QED) is 0.782. The molecule has 1 aromatic carbocycles. The molecule has 0 unspecified atom stereocenters. The number of nitrogens with zero attached hydrogens (tertiary/aromatic N) is 1. The first-order chi connectivity index (χ1) is 9.49. The smallest absolute Gasteiger partial charge is 0.497 e. The molecule has 2 rings (SSSR count). The Balaban J connectivity index is 0.00000220. The number of hydrogen-bond donors (Lipinski definition) is 0. The SMILES string of the molecule is COc1ccc(/C(=C/[B-](F)(F)F)c2ccncc2)cc1.[K+]. The van der Waals surface area contributed by atoms with E-state index in [0.29, 0.717) is 22.9 Å². The Bertz CT molecular complexity index is 600. The zero-order valence-corrected chi connectivity index (χ0v) is 14.9. The number of hydrogen-bond acceptors (Lipinski definition) is 2. The van der Waals surface area contributed by atoms with E-state index in [1.54, 1.807) is 36.4 Å². The Morgan fingerprint density at radius 1 is 1.00 bits per heavy atom. The molecule has 2 aromatic rings. The first-order valence-electron chi connectivity index (χ1n) is 5.97. The summed E-state index contributed by atoms with van der Waals surface area (Å²) in [6.45, 7) is -5.03. The predicted octanol–water partition coefficient (Wildman–Crippen LogP) is 0.913. The predicted molar refractivity (Wildman–Crippen MR) is 73.4 cm³/mol. The van der Waals surface area contributed by atoms with Gasteiger partial charge < -0.3 is 17.7 Å². The van der Waals surface area contributed by atoms with E-state index >= 15 is 0 Å². The molecule has 1 heterocycles. The first-order valence-corrected chi connectivity index (χ1v) is 5.97. The van der Waals surface area contributed by atoms with Crippen molar-refractivity contribution in [2.24, 2.45) is 0 Å². The standard InChI is InChI=1S/C14H12BF3NO.K/c1-20-13-4-2-11(3-5-13)14(10-15(16,17)18)12-6-8-19-9-7-12;/h2-10H,1H3;/q-1;+1/b14-10-;. The molecule has 21 heavy (non-hydrogen) atoms. The van der Waals surface area contributed by atoms with Gasteiger partial charge in [0.1, 0.15) is 5.75 Å². The molecule has 2 nitrogen and oxygen atoms in total. The van der Waals surface area contributed by atoms with Gasteiger partial charge in [0.15, 0.2) is 0 Å². The van der Waals surface area contributed by atoms with E-state index in [0.717, 1.165) is 0 Å². The van der Waals surface area contributed by atoms with Crippen molar-refractivity contribution in [3.8, 4) is 5.75 Å². The van der Waals surface area contributed by atoms with Crippen molar-refractivity contribution >= 4 is 12.6 Å². The van der Waals surface area contributed by atoms with E-state index in [1.165, 1.54) is 19.5 Å². The largest absolute Gasteiger partial charge is 1.00 e. The van der Waals surface area contributed by atoms with Crippen LogP contribution in [0.1, 0.15) is 11.1 Å². The molecule has 0 atom stereocenters. The molecular formula is C14H12BF3KNO. The third-order valence-electron chi connectivity index (χ3n) is 2.75. The summed E-state index contributed by atoms with van der Waals surface area (Å²) < 4.78 is 43.3. The summed E-state index contributed by atoms with van der Waals surface area (Å²) in [7, 11) is 1.51. The molecule has 7 heteroatoms. The van der Waals surface area contributed by atoms with Crippen LogP contribution in [-0.4, -0.2) is 19.1 Å². The van der Waals surface area contributed by atoms with Gasteiger partial charge in [0, 0.05) is 12.4 Å². The van der Waals surface area contributed by atoms with Gasteiger partial charge in [0.05, 0.1) is 7.11 Å². The second-order valence-electron chi connectivity index (χ2n) is 4.17. The number of methoxy groups -OCH3 is 1. The Kier molecular flexibility index (Phi) is 7.16. The second kappa shape index (κ2) is 8.14. The maximum absolute atomic E-state index is 12.8. The zero-order chi connectivity index (χ0) is 14.6. The molecule has 0 aliphatic rings. The summed E-state index contributed by atoms with van der Waals surface area (Å²) in [5.74, 6) is 0.956. The monoisotopic (exact) mass is 317 g/mol. The summed E-state index contributed by atoms with van der Waals surface area (Å²) in [5.41, 5.74) is 1.09. The molecule has 0 saturated carbocycles. The van der Waals surface area contributed by atoms with Crippen molar-refractivity contribution in [3.05, 3.63) is 65.9 Å². The topological polar surface area (TPSA) is 22.1 Å². The third-order valence-corrected chi connectivity index (χ3v) is 2.75. The summed E-state index contributed by atoms with van der Waals surface area (Å²) in [4.78, 5) is 3.82. The van der Waals surface area contributed by atoms with Gasteiger partial charge in [-0.15, -0.1) is 5.98 Å². The van der Waals surface area contributed by atoms with E-state index in [2.05, 4.69) is 4.98 Å². The number of pyridine rings is 1. The van der Waals surface area contributed by atoms with Crippen molar-refractivity contribution < 1.29 is 69.1 Å². The van der Waals surface area contributed by atoms with Crippen molar-refractivity contribution in [1.82, 2.24) is 4.98 Å². The molecular weight excluding hydrogens is 305 g/mol. The maximum atomic E-state index is 12.8. The summed E-state index contributed by atoms with van der Waals surface area (Å²) >= 11 is 0. The molecule has 0 saturated heterocycles. The van der Waals surface area contributed by atoms with Gasteiger partial charge in [-0.3, -0.25) is 4.98 Å². The van der Waals surface area contributed by atoms with Crippen LogP contribution >= 0.6 is 0 Å². The number of aromatic nitrogens is 1. The fourth-order valence-electron chi connectivity index (χ4n) is 1.85.